The van der Waals surface area contributed by atoms with Crippen molar-refractivity contribution < 1.29 is 9.90 Å². The summed E-state index contributed by atoms with van der Waals surface area (Å²) < 4.78 is 1.48. The van der Waals surface area contributed by atoms with E-state index in [2.05, 4.69) is 32.9 Å². The Morgan fingerprint density at radius 2 is 2.44 bits per heavy atom. The van der Waals surface area contributed by atoms with Crippen molar-refractivity contribution in [2.45, 2.75) is 12.6 Å². The quantitative estimate of drug-likeness (QED) is 0.610. The van der Waals surface area contributed by atoms with Gasteiger partial charge in [-0.3, -0.25) is 9.59 Å². The van der Waals surface area contributed by atoms with Gasteiger partial charge < -0.3 is 16.2 Å². The molecule has 0 aliphatic rings. The lowest BCUT2D eigenvalue weighted by Crippen LogP contribution is -2.34. The number of amides is 1. The molecule has 8 heteroatoms. The number of aromatic nitrogens is 2. The number of rotatable bonds is 6. The van der Waals surface area contributed by atoms with E-state index >= 15 is 0 Å². The van der Waals surface area contributed by atoms with Gasteiger partial charge >= 0.3 is 0 Å². The van der Waals surface area contributed by atoms with Crippen LogP contribution in [0.15, 0.2) is 28.1 Å². The lowest BCUT2D eigenvalue weighted by molar-refractivity contribution is -0.125. The van der Waals surface area contributed by atoms with E-state index in [-0.39, 0.29) is 16.6 Å². The number of allylic oxidation sites excluding steroid dienone is 1. The first-order chi connectivity index (χ1) is 8.47. The molecule has 1 aromatic heterocycles. The lowest BCUT2D eigenvalue weighted by atomic mass is 10.3. The predicted molar refractivity (Wildman–Crippen MR) is 70.1 cm³/mol. The number of hydrogen-bond acceptors (Lipinski definition) is 5. The molecule has 0 aliphatic heterocycles. The van der Waals surface area contributed by atoms with Crippen LogP contribution < -0.4 is 16.6 Å². The molecule has 1 unspecified atom stereocenters. The Hall–Kier alpha value is -1.67. The fourth-order valence-electron chi connectivity index (χ4n) is 1.15. The first-order valence-electron chi connectivity index (χ1n) is 5.05. The number of nitrogens with two attached hydrogens (primary N) is 1. The van der Waals surface area contributed by atoms with E-state index in [1.165, 1.54) is 10.9 Å². The maximum atomic E-state index is 11.8. The van der Waals surface area contributed by atoms with Gasteiger partial charge in [0.2, 0.25) is 5.91 Å². The Morgan fingerprint density at radius 1 is 1.78 bits per heavy atom. The molecular weight excluding hydrogens is 304 g/mol. The highest BCUT2D eigenvalue weighted by Gasteiger charge is 2.13. The van der Waals surface area contributed by atoms with Crippen molar-refractivity contribution in [1.29, 1.82) is 0 Å². The van der Waals surface area contributed by atoms with Gasteiger partial charge in [0, 0.05) is 6.54 Å². The van der Waals surface area contributed by atoms with Crippen LogP contribution in [0.4, 0.5) is 5.69 Å². The number of primary amides is 1. The van der Waals surface area contributed by atoms with Crippen molar-refractivity contribution >= 4 is 27.5 Å². The molecular formula is C10H13BrN4O3. The van der Waals surface area contributed by atoms with Crippen molar-refractivity contribution in [3.63, 3.8) is 0 Å². The highest BCUT2D eigenvalue weighted by Crippen LogP contribution is 2.15. The zero-order valence-corrected chi connectivity index (χ0v) is 11.1. The van der Waals surface area contributed by atoms with Crippen molar-refractivity contribution in [3.05, 3.63) is 33.7 Å². The van der Waals surface area contributed by atoms with Crippen LogP contribution >= 0.6 is 15.9 Å². The zero-order chi connectivity index (χ0) is 13.7. The molecule has 7 nitrogen and oxygen atoms in total. The minimum Gasteiger partial charge on any atom is -0.381 e. The fraction of sp³-hybridized carbons (Fsp3) is 0.300. The van der Waals surface area contributed by atoms with Gasteiger partial charge in [-0.1, -0.05) is 6.08 Å². The Bertz CT molecular complexity index is 514. The molecule has 0 aromatic carbocycles. The SMILES string of the molecule is C=CCn1ncc(NCC(O)C(N)=O)c(Br)c1=O. The molecule has 1 heterocycles. The Balaban J connectivity index is 2.86. The summed E-state index contributed by atoms with van der Waals surface area (Å²) >= 11 is 3.12. The highest BCUT2D eigenvalue weighted by molar-refractivity contribution is 9.10. The van der Waals surface area contributed by atoms with Crippen LogP contribution in [0, 0.1) is 0 Å². The maximum absolute atomic E-state index is 11.8. The van der Waals surface area contributed by atoms with Crippen LogP contribution in [0.25, 0.3) is 0 Å². The van der Waals surface area contributed by atoms with Crippen LogP contribution in [-0.2, 0) is 11.3 Å². The van der Waals surface area contributed by atoms with Crippen LogP contribution in [0.3, 0.4) is 0 Å². The van der Waals surface area contributed by atoms with E-state index in [1.807, 2.05) is 0 Å². The minimum absolute atomic E-state index is 0.0967. The van der Waals surface area contributed by atoms with Crippen molar-refractivity contribution in [2.75, 3.05) is 11.9 Å². The van der Waals surface area contributed by atoms with Gasteiger partial charge in [-0.15, -0.1) is 6.58 Å². The summed E-state index contributed by atoms with van der Waals surface area (Å²) in [5.41, 5.74) is 4.93. The second-order valence-corrected chi connectivity index (χ2v) is 4.24. The predicted octanol–water partition coefficient (Wildman–Crippen LogP) is -0.550. The summed E-state index contributed by atoms with van der Waals surface area (Å²) in [6.45, 7) is 3.71. The van der Waals surface area contributed by atoms with Gasteiger partial charge in [0.1, 0.15) is 10.6 Å². The van der Waals surface area contributed by atoms with Gasteiger partial charge in [0.05, 0.1) is 18.4 Å². The summed E-state index contributed by atoms with van der Waals surface area (Å²) in [4.78, 5) is 22.4. The van der Waals surface area contributed by atoms with Crippen LogP contribution in [0.2, 0.25) is 0 Å². The Labute approximate surface area is 111 Å². The molecule has 0 aliphatic carbocycles. The van der Waals surface area contributed by atoms with E-state index in [0.29, 0.717) is 12.2 Å². The molecule has 1 amide bonds. The molecule has 18 heavy (non-hydrogen) atoms. The number of aliphatic hydroxyl groups excluding tert-OH is 1. The number of nitrogens with zero attached hydrogens (tertiary/aromatic N) is 2. The molecule has 0 saturated heterocycles. The van der Waals surface area contributed by atoms with E-state index in [0.717, 1.165) is 0 Å². The first-order valence-corrected chi connectivity index (χ1v) is 5.84. The second kappa shape index (κ2) is 6.31. The third-order valence-corrected chi connectivity index (χ3v) is 2.87. The van der Waals surface area contributed by atoms with Gasteiger partial charge in [0.25, 0.3) is 5.56 Å². The number of nitrogens with one attached hydrogen (secondary N) is 1. The van der Waals surface area contributed by atoms with E-state index < -0.39 is 12.0 Å². The van der Waals surface area contributed by atoms with Gasteiger partial charge in [-0.2, -0.15) is 5.10 Å². The van der Waals surface area contributed by atoms with Gasteiger partial charge in [0.15, 0.2) is 0 Å². The topological polar surface area (TPSA) is 110 Å². The van der Waals surface area contributed by atoms with Crippen LogP contribution in [0.1, 0.15) is 0 Å². The van der Waals surface area contributed by atoms with Crippen LogP contribution in [-0.4, -0.2) is 33.4 Å². The Kier molecular flexibility index (Phi) is 5.05. The summed E-state index contributed by atoms with van der Waals surface area (Å²) in [5, 5.41) is 15.8. The monoisotopic (exact) mass is 316 g/mol. The summed E-state index contributed by atoms with van der Waals surface area (Å²) in [5.74, 6) is -0.841. The van der Waals surface area contributed by atoms with Gasteiger partial charge in [-0.25, -0.2) is 4.68 Å². The zero-order valence-electron chi connectivity index (χ0n) is 9.47. The lowest BCUT2D eigenvalue weighted by Gasteiger charge is -2.11. The molecule has 0 fully saturated rings. The molecule has 0 spiro atoms. The van der Waals surface area contributed by atoms with E-state index in [9.17, 15) is 14.7 Å². The van der Waals surface area contributed by atoms with Crippen molar-refractivity contribution in [3.8, 4) is 0 Å². The molecule has 1 aromatic rings. The Morgan fingerprint density at radius 3 is 3.00 bits per heavy atom. The third-order valence-electron chi connectivity index (χ3n) is 2.10. The number of aliphatic hydroxyl groups is 1. The van der Waals surface area contributed by atoms with E-state index in [1.54, 1.807) is 6.08 Å². The normalized spacial score (nSPS) is 11.9. The standard InChI is InChI=1S/C10H13BrN4O3/c1-2-3-15-10(18)8(11)6(4-14-15)13-5-7(16)9(12)17/h2,4,7,13,16H,1,3,5H2,(H2,12,17). The number of anilines is 1. The van der Waals surface area contributed by atoms with Gasteiger partial charge in [-0.05, 0) is 15.9 Å². The molecule has 4 N–H and O–H groups in total. The second-order valence-electron chi connectivity index (χ2n) is 3.45. The first kappa shape index (κ1) is 14.4. The fourth-order valence-corrected chi connectivity index (χ4v) is 1.60. The maximum Gasteiger partial charge on any atom is 0.283 e. The van der Waals surface area contributed by atoms with Crippen molar-refractivity contribution in [1.82, 2.24) is 9.78 Å². The summed E-state index contributed by atoms with van der Waals surface area (Å²) in [6.07, 6.45) is 1.63. The molecule has 1 rings (SSSR count). The summed E-state index contributed by atoms with van der Waals surface area (Å²) in [6, 6.07) is 0. The van der Waals surface area contributed by atoms with Crippen LogP contribution in [0.5, 0.6) is 0 Å². The third kappa shape index (κ3) is 3.41. The largest absolute Gasteiger partial charge is 0.381 e. The molecule has 98 valence electrons. The molecule has 0 bridgehead atoms. The minimum atomic E-state index is -1.33. The number of hydrogen-bond donors (Lipinski definition) is 3. The average molecular weight is 317 g/mol. The summed E-state index contributed by atoms with van der Waals surface area (Å²) in [7, 11) is 0. The van der Waals surface area contributed by atoms with E-state index in [4.69, 9.17) is 5.73 Å². The highest BCUT2D eigenvalue weighted by atomic mass is 79.9. The molecule has 0 saturated carbocycles. The smallest absolute Gasteiger partial charge is 0.283 e. The average Bonchev–Trinajstić information content (AvgIpc) is 2.33. The van der Waals surface area contributed by atoms with Crippen molar-refractivity contribution in [2.24, 2.45) is 5.73 Å². The number of halogens is 1. The molecule has 0 radical (unpaired) electrons. The molecule has 1 atom stereocenters. The number of carbonyl (C=O) groups is 1. The number of carbonyl (C=O) groups excluding carboxylic acids is 1.